The number of hydrogen-bond donors (Lipinski definition) is 1. The summed E-state index contributed by atoms with van der Waals surface area (Å²) in [7, 11) is -2.84. The van der Waals surface area contributed by atoms with E-state index < -0.39 is 20.7 Å². The van der Waals surface area contributed by atoms with E-state index in [1.807, 2.05) is 0 Å². The van der Waals surface area contributed by atoms with Crippen LogP contribution in [0.5, 0.6) is 0 Å². The van der Waals surface area contributed by atoms with Gasteiger partial charge in [-0.1, -0.05) is 6.07 Å². The molecular formula is C15H16N2O6S. The van der Waals surface area contributed by atoms with Crippen LogP contribution in [0.15, 0.2) is 52.5 Å². The number of methoxy groups -OCH3 is 1. The number of carbonyl (C=O) groups is 1. The summed E-state index contributed by atoms with van der Waals surface area (Å²) >= 11 is 0. The van der Waals surface area contributed by atoms with Gasteiger partial charge in [-0.25, -0.2) is 8.42 Å². The third kappa shape index (κ3) is 3.14. The van der Waals surface area contributed by atoms with Gasteiger partial charge in [0, 0.05) is 19.2 Å². The van der Waals surface area contributed by atoms with Crippen LogP contribution in [0.3, 0.4) is 0 Å². The highest BCUT2D eigenvalue weighted by molar-refractivity contribution is 7.89. The van der Waals surface area contributed by atoms with Crippen molar-refractivity contribution in [3.63, 3.8) is 0 Å². The summed E-state index contributed by atoms with van der Waals surface area (Å²) in [6, 6.07) is 4.67. The topological polar surface area (TPSA) is 116 Å². The predicted octanol–water partition coefficient (Wildman–Crippen LogP) is 1.69. The maximum atomic E-state index is 12.7. The quantitative estimate of drug-likeness (QED) is 0.490. The Morgan fingerprint density at radius 1 is 1.21 bits per heavy atom. The summed E-state index contributed by atoms with van der Waals surface area (Å²) in [6.45, 7) is 3.13. The van der Waals surface area contributed by atoms with E-state index in [2.05, 4.69) is 4.72 Å². The highest BCUT2D eigenvalue weighted by Crippen LogP contribution is 2.32. The number of nitrogens with zero attached hydrogens (tertiary/aromatic N) is 1. The smallest absolute Gasteiger partial charge is 0.270 e. The van der Waals surface area contributed by atoms with Crippen LogP contribution in [0.1, 0.15) is 13.8 Å². The first-order valence-electron chi connectivity index (χ1n) is 6.87. The number of sulfonamides is 1. The van der Waals surface area contributed by atoms with Crippen molar-refractivity contribution < 1.29 is 22.9 Å². The summed E-state index contributed by atoms with van der Waals surface area (Å²) in [4.78, 5) is 21.5. The van der Waals surface area contributed by atoms with Crippen LogP contribution in [0.2, 0.25) is 0 Å². The Labute approximate surface area is 139 Å². The third-order valence-corrected chi connectivity index (χ3v) is 5.18. The molecule has 8 nitrogen and oxygen atoms in total. The molecule has 128 valence electrons. The van der Waals surface area contributed by atoms with Gasteiger partial charge in [0.25, 0.3) is 5.69 Å². The van der Waals surface area contributed by atoms with Crippen LogP contribution in [-0.2, 0) is 19.6 Å². The van der Waals surface area contributed by atoms with Gasteiger partial charge in [0.2, 0.25) is 10.0 Å². The number of benzene rings is 1. The molecule has 0 bridgehead atoms. The lowest BCUT2D eigenvalue weighted by atomic mass is 9.90. The van der Waals surface area contributed by atoms with Crippen LogP contribution in [0.25, 0.3) is 0 Å². The second-order valence-electron chi connectivity index (χ2n) is 5.30. The molecule has 0 atom stereocenters. The van der Waals surface area contributed by atoms with Crippen LogP contribution in [-0.4, -0.2) is 32.0 Å². The summed E-state index contributed by atoms with van der Waals surface area (Å²) in [5, 5.41) is 10.8. The number of carbonyl (C=O) groups excluding carboxylic acids is 1. The molecular weight excluding hydrogens is 336 g/mol. The SMILES string of the molecule is COC1(NS(=O)(=O)c2cccc([N+](=O)[O-])c2)C(C)=CC(=O)C=C1C. The van der Waals surface area contributed by atoms with E-state index >= 15 is 0 Å². The van der Waals surface area contributed by atoms with Gasteiger partial charge in [0.1, 0.15) is 0 Å². The molecule has 2 rings (SSSR count). The molecule has 0 fully saturated rings. The van der Waals surface area contributed by atoms with Gasteiger partial charge < -0.3 is 4.74 Å². The highest BCUT2D eigenvalue weighted by Gasteiger charge is 2.41. The number of hydrogen-bond acceptors (Lipinski definition) is 6. The first-order valence-corrected chi connectivity index (χ1v) is 8.36. The Morgan fingerprint density at radius 2 is 1.79 bits per heavy atom. The number of nitro groups is 1. The van der Waals surface area contributed by atoms with Crippen LogP contribution in [0, 0.1) is 10.1 Å². The Morgan fingerprint density at radius 3 is 2.29 bits per heavy atom. The second kappa shape index (κ2) is 6.27. The first-order chi connectivity index (χ1) is 11.1. The van der Waals surface area contributed by atoms with Crippen LogP contribution >= 0.6 is 0 Å². The van der Waals surface area contributed by atoms with Crippen molar-refractivity contribution >= 4 is 21.5 Å². The average Bonchev–Trinajstić information content (AvgIpc) is 2.51. The molecule has 0 unspecified atom stereocenters. The van der Waals surface area contributed by atoms with Crippen LogP contribution < -0.4 is 4.72 Å². The molecule has 0 aliphatic heterocycles. The lowest BCUT2D eigenvalue weighted by Gasteiger charge is -2.36. The zero-order chi connectivity index (χ0) is 18.1. The van der Waals surface area contributed by atoms with Crippen molar-refractivity contribution in [2.45, 2.75) is 24.5 Å². The third-order valence-electron chi connectivity index (χ3n) is 3.75. The van der Waals surface area contributed by atoms with Gasteiger partial charge in [-0.2, -0.15) is 4.72 Å². The number of allylic oxidation sites excluding steroid dienone is 2. The lowest BCUT2D eigenvalue weighted by Crippen LogP contribution is -2.53. The number of nitro benzene ring substituents is 1. The molecule has 0 amide bonds. The van der Waals surface area contributed by atoms with Crippen molar-refractivity contribution in [2.24, 2.45) is 0 Å². The van der Waals surface area contributed by atoms with Crippen molar-refractivity contribution in [3.05, 3.63) is 57.7 Å². The Balaban J connectivity index is 2.49. The molecule has 1 N–H and O–H groups in total. The Bertz CT molecular complexity index is 848. The van der Waals surface area contributed by atoms with Crippen molar-refractivity contribution in [1.82, 2.24) is 4.72 Å². The maximum absolute atomic E-state index is 12.7. The molecule has 1 aromatic rings. The van der Waals surface area contributed by atoms with Gasteiger partial charge >= 0.3 is 0 Å². The standard InChI is InChI=1S/C15H16N2O6S/c1-10-7-13(18)8-11(2)15(10,23-3)16-24(21,22)14-6-4-5-12(9-14)17(19)20/h4-9,16H,1-3H3. The number of nitrogens with one attached hydrogen (secondary N) is 1. The molecule has 0 saturated heterocycles. The number of rotatable bonds is 5. The van der Waals surface area contributed by atoms with Gasteiger partial charge in [-0.15, -0.1) is 0 Å². The van der Waals surface area contributed by atoms with Gasteiger partial charge in [-0.3, -0.25) is 14.9 Å². The fourth-order valence-corrected chi connectivity index (χ4v) is 3.95. The number of non-ortho nitro benzene ring substituents is 1. The van der Waals surface area contributed by atoms with E-state index in [0.29, 0.717) is 11.1 Å². The minimum absolute atomic E-state index is 0.271. The number of ether oxygens (including phenoxy) is 1. The van der Waals surface area contributed by atoms with E-state index in [4.69, 9.17) is 4.74 Å². The molecule has 0 radical (unpaired) electrons. The van der Waals surface area contributed by atoms with E-state index in [-0.39, 0.29) is 16.4 Å². The van der Waals surface area contributed by atoms with E-state index in [1.165, 1.54) is 37.5 Å². The summed E-state index contributed by atoms with van der Waals surface area (Å²) in [5.41, 5.74) is -1.13. The van der Waals surface area contributed by atoms with Crippen LogP contribution in [0.4, 0.5) is 5.69 Å². The van der Waals surface area contributed by atoms with Crippen molar-refractivity contribution in [2.75, 3.05) is 7.11 Å². The van der Waals surface area contributed by atoms with E-state index in [0.717, 1.165) is 6.07 Å². The van der Waals surface area contributed by atoms with Crippen molar-refractivity contribution in [1.29, 1.82) is 0 Å². The molecule has 1 aromatic carbocycles. The lowest BCUT2D eigenvalue weighted by molar-refractivity contribution is -0.385. The molecule has 0 aromatic heterocycles. The first kappa shape index (κ1) is 18.0. The maximum Gasteiger partial charge on any atom is 0.270 e. The summed E-state index contributed by atoms with van der Waals surface area (Å²) in [5.74, 6) is -0.271. The number of ketones is 1. The molecule has 0 heterocycles. The minimum atomic E-state index is -4.14. The van der Waals surface area contributed by atoms with Gasteiger partial charge in [0.05, 0.1) is 9.82 Å². The van der Waals surface area contributed by atoms with Gasteiger partial charge in [0.15, 0.2) is 11.5 Å². The zero-order valence-corrected chi connectivity index (χ0v) is 14.1. The summed E-state index contributed by atoms with van der Waals surface area (Å²) in [6.07, 6.45) is 2.54. The average molecular weight is 352 g/mol. The fourth-order valence-electron chi connectivity index (χ4n) is 2.52. The Hall–Kier alpha value is -2.36. The molecule has 1 aliphatic carbocycles. The summed E-state index contributed by atoms with van der Waals surface area (Å²) < 4.78 is 33.1. The molecule has 0 spiro atoms. The molecule has 1 aliphatic rings. The zero-order valence-electron chi connectivity index (χ0n) is 13.3. The normalized spacial score (nSPS) is 17.2. The molecule has 9 heteroatoms. The Kier molecular flexibility index (Phi) is 4.70. The monoisotopic (exact) mass is 352 g/mol. The highest BCUT2D eigenvalue weighted by atomic mass is 32.2. The van der Waals surface area contributed by atoms with Gasteiger partial charge in [-0.05, 0) is 43.2 Å². The predicted molar refractivity (Wildman–Crippen MR) is 85.7 cm³/mol. The second-order valence-corrected chi connectivity index (χ2v) is 6.98. The molecule has 0 saturated carbocycles. The fraction of sp³-hybridized carbons (Fsp3) is 0.267. The van der Waals surface area contributed by atoms with E-state index in [9.17, 15) is 23.3 Å². The van der Waals surface area contributed by atoms with E-state index in [1.54, 1.807) is 13.8 Å². The minimum Gasteiger partial charge on any atom is -0.355 e. The molecule has 24 heavy (non-hydrogen) atoms. The van der Waals surface area contributed by atoms with Crippen molar-refractivity contribution in [3.8, 4) is 0 Å². The largest absolute Gasteiger partial charge is 0.355 e.